The number of hydrogen-bond donors (Lipinski definition) is 1. The predicted molar refractivity (Wildman–Crippen MR) is 76.8 cm³/mol. The highest BCUT2D eigenvalue weighted by molar-refractivity contribution is 5.47. The molecule has 1 N–H and O–H groups in total. The topological polar surface area (TPSA) is 28.2 Å². The van der Waals surface area contributed by atoms with E-state index in [1.807, 2.05) is 12.3 Å². The molecule has 1 saturated carbocycles. The second kappa shape index (κ2) is 6.55. The highest BCUT2D eigenvalue weighted by atomic mass is 15.1. The van der Waals surface area contributed by atoms with E-state index in [0.717, 1.165) is 37.8 Å². The van der Waals surface area contributed by atoms with Crippen molar-refractivity contribution in [3.63, 3.8) is 0 Å². The van der Waals surface area contributed by atoms with Gasteiger partial charge in [0.25, 0.3) is 0 Å². The maximum Gasteiger partial charge on any atom is 0.0562 e. The molecule has 1 aromatic rings. The highest BCUT2D eigenvalue weighted by Crippen LogP contribution is 2.20. The largest absolute Gasteiger partial charge is 0.368 e. The molecule has 1 aliphatic rings. The molecule has 1 fully saturated rings. The van der Waals surface area contributed by atoms with E-state index in [0.29, 0.717) is 0 Å². The average molecular weight is 245 g/mol. The lowest BCUT2D eigenvalue weighted by Crippen LogP contribution is -2.24. The number of pyridine rings is 1. The summed E-state index contributed by atoms with van der Waals surface area (Å²) in [5.41, 5.74) is 2.38. The van der Waals surface area contributed by atoms with E-state index >= 15 is 0 Å². The van der Waals surface area contributed by atoms with Gasteiger partial charge in [-0.05, 0) is 31.4 Å². The van der Waals surface area contributed by atoms with Gasteiger partial charge in [0.2, 0.25) is 0 Å². The summed E-state index contributed by atoms with van der Waals surface area (Å²) in [6.07, 6.45) is 7.64. The molecule has 0 radical (unpaired) electrons. The molecule has 0 spiro atoms. The Kier molecular flexibility index (Phi) is 4.76. The van der Waals surface area contributed by atoms with Gasteiger partial charge in [0, 0.05) is 37.6 Å². The molecule has 98 valence electrons. The molecule has 0 aliphatic heterocycles. The number of anilines is 1. The minimum Gasteiger partial charge on any atom is -0.368 e. The van der Waals surface area contributed by atoms with Crippen molar-refractivity contribution in [3.8, 4) is 0 Å². The van der Waals surface area contributed by atoms with E-state index in [4.69, 9.17) is 0 Å². The zero-order chi connectivity index (χ0) is 12.8. The predicted octanol–water partition coefficient (Wildman–Crippen LogP) is 2.74. The Bertz CT molecular complexity index is 385. The van der Waals surface area contributed by atoms with Crippen LogP contribution in [0.5, 0.6) is 0 Å². The summed E-state index contributed by atoms with van der Waals surface area (Å²) >= 11 is 0. The maximum absolute atomic E-state index is 4.43. The van der Waals surface area contributed by atoms with Crippen molar-refractivity contribution in [1.29, 1.82) is 0 Å². The van der Waals surface area contributed by atoms with Crippen molar-refractivity contribution in [1.82, 2.24) is 10.3 Å². The second-order valence-corrected chi connectivity index (χ2v) is 4.90. The van der Waals surface area contributed by atoms with Crippen LogP contribution in [0, 0.1) is 0 Å². The lowest BCUT2D eigenvalue weighted by molar-refractivity contribution is 0.674. The lowest BCUT2D eigenvalue weighted by Gasteiger charge is -2.23. The standard InChI is InChI=1S/C15H23N3/c1-3-9-18(10-4-2)15-7-8-16-14(11-15)12-17-13-5-6-13/h3,7-8,11,13,17H,1,4-6,9-10,12H2,2H3. The van der Waals surface area contributed by atoms with Gasteiger partial charge in [-0.3, -0.25) is 4.98 Å². The summed E-state index contributed by atoms with van der Waals surface area (Å²) < 4.78 is 0. The Morgan fingerprint density at radius 2 is 2.39 bits per heavy atom. The van der Waals surface area contributed by atoms with Gasteiger partial charge in [-0.25, -0.2) is 0 Å². The van der Waals surface area contributed by atoms with Crippen LogP contribution in [0.1, 0.15) is 31.9 Å². The normalized spacial score (nSPS) is 14.5. The van der Waals surface area contributed by atoms with Crippen molar-refractivity contribution >= 4 is 5.69 Å². The Hall–Kier alpha value is -1.35. The van der Waals surface area contributed by atoms with Gasteiger partial charge >= 0.3 is 0 Å². The molecule has 1 heterocycles. The van der Waals surface area contributed by atoms with Crippen LogP contribution in [0.3, 0.4) is 0 Å². The number of aromatic nitrogens is 1. The SMILES string of the molecule is C=CCN(CCC)c1ccnc(CNC2CC2)c1. The molecule has 3 heteroatoms. The van der Waals surface area contributed by atoms with Crippen LogP contribution >= 0.6 is 0 Å². The zero-order valence-corrected chi connectivity index (χ0v) is 11.2. The molecule has 0 atom stereocenters. The molecular formula is C15H23N3. The maximum atomic E-state index is 4.43. The molecule has 0 saturated heterocycles. The van der Waals surface area contributed by atoms with Gasteiger partial charge in [0.05, 0.1) is 5.69 Å². The second-order valence-electron chi connectivity index (χ2n) is 4.90. The van der Waals surface area contributed by atoms with Gasteiger partial charge in [-0.1, -0.05) is 13.0 Å². The minimum absolute atomic E-state index is 0.732. The fourth-order valence-corrected chi connectivity index (χ4v) is 2.05. The summed E-state index contributed by atoms with van der Waals surface area (Å²) in [5.74, 6) is 0. The first-order valence-electron chi connectivity index (χ1n) is 6.87. The first kappa shape index (κ1) is 13.1. The minimum atomic E-state index is 0.732. The summed E-state index contributed by atoms with van der Waals surface area (Å²) in [6, 6.07) is 5.00. The first-order valence-corrected chi connectivity index (χ1v) is 6.87. The third-order valence-electron chi connectivity index (χ3n) is 3.16. The fourth-order valence-electron chi connectivity index (χ4n) is 2.05. The third-order valence-corrected chi connectivity index (χ3v) is 3.16. The Morgan fingerprint density at radius 1 is 1.56 bits per heavy atom. The lowest BCUT2D eigenvalue weighted by atomic mass is 10.2. The Balaban J connectivity index is 2.00. The first-order chi connectivity index (χ1) is 8.83. The Morgan fingerprint density at radius 3 is 3.06 bits per heavy atom. The van der Waals surface area contributed by atoms with Crippen LogP contribution < -0.4 is 10.2 Å². The molecule has 0 aromatic carbocycles. The molecule has 0 unspecified atom stereocenters. The van der Waals surface area contributed by atoms with Crippen molar-refractivity contribution in [2.24, 2.45) is 0 Å². The molecular weight excluding hydrogens is 222 g/mol. The van der Waals surface area contributed by atoms with Gasteiger partial charge in [0.1, 0.15) is 0 Å². The summed E-state index contributed by atoms with van der Waals surface area (Å²) in [6.45, 7) is 8.87. The Labute approximate surface area is 110 Å². The fraction of sp³-hybridized carbons (Fsp3) is 0.533. The number of nitrogens with one attached hydrogen (secondary N) is 1. The molecule has 0 bridgehead atoms. The van der Waals surface area contributed by atoms with Crippen molar-refractivity contribution in [2.75, 3.05) is 18.0 Å². The van der Waals surface area contributed by atoms with Gasteiger partial charge in [-0.2, -0.15) is 0 Å². The van der Waals surface area contributed by atoms with Crippen LogP contribution in [-0.2, 0) is 6.54 Å². The number of rotatable bonds is 8. The van der Waals surface area contributed by atoms with E-state index in [1.54, 1.807) is 0 Å². The van der Waals surface area contributed by atoms with Crippen LogP contribution in [0.25, 0.3) is 0 Å². The van der Waals surface area contributed by atoms with Crippen LogP contribution in [-0.4, -0.2) is 24.1 Å². The van der Waals surface area contributed by atoms with Crippen LogP contribution in [0.4, 0.5) is 5.69 Å². The van der Waals surface area contributed by atoms with Crippen LogP contribution in [0.2, 0.25) is 0 Å². The number of nitrogens with zero attached hydrogens (tertiary/aromatic N) is 2. The molecule has 2 rings (SSSR count). The summed E-state index contributed by atoms with van der Waals surface area (Å²) in [5, 5.41) is 3.50. The van der Waals surface area contributed by atoms with Crippen LogP contribution in [0.15, 0.2) is 31.0 Å². The van der Waals surface area contributed by atoms with E-state index < -0.39 is 0 Å². The molecule has 18 heavy (non-hydrogen) atoms. The molecule has 1 aromatic heterocycles. The van der Waals surface area contributed by atoms with Gasteiger partial charge in [-0.15, -0.1) is 6.58 Å². The summed E-state index contributed by atoms with van der Waals surface area (Å²) in [7, 11) is 0. The van der Waals surface area contributed by atoms with E-state index in [9.17, 15) is 0 Å². The van der Waals surface area contributed by atoms with E-state index in [2.05, 4.69) is 40.8 Å². The summed E-state index contributed by atoms with van der Waals surface area (Å²) in [4.78, 5) is 6.77. The van der Waals surface area contributed by atoms with Gasteiger partial charge < -0.3 is 10.2 Å². The van der Waals surface area contributed by atoms with Gasteiger partial charge in [0.15, 0.2) is 0 Å². The molecule has 3 nitrogen and oxygen atoms in total. The number of hydrogen-bond acceptors (Lipinski definition) is 3. The van der Waals surface area contributed by atoms with E-state index in [1.165, 1.54) is 18.5 Å². The zero-order valence-electron chi connectivity index (χ0n) is 11.2. The highest BCUT2D eigenvalue weighted by Gasteiger charge is 2.20. The monoisotopic (exact) mass is 245 g/mol. The van der Waals surface area contributed by atoms with Crippen molar-refractivity contribution in [3.05, 3.63) is 36.7 Å². The smallest absolute Gasteiger partial charge is 0.0562 e. The van der Waals surface area contributed by atoms with E-state index in [-0.39, 0.29) is 0 Å². The molecule has 0 amide bonds. The third kappa shape index (κ3) is 3.84. The van der Waals surface area contributed by atoms with Crippen molar-refractivity contribution < 1.29 is 0 Å². The van der Waals surface area contributed by atoms with Crippen molar-refractivity contribution in [2.45, 2.75) is 38.8 Å². The molecule has 1 aliphatic carbocycles. The average Bonchev–Trinajstić information content (AvgIpc) is 3.21. The quantitative estimate of drug-likeness (QED) is 0.714.